The van der Waals surface area contributed by atoms with Gasteiger partial charge in [-0.15, -0.1) is 0 Å². The molecule has 0 atom stereocenters. The van der Waals surface area contributed by atoms with Crippen molar-refractivity contribution in [3.63, 3.8) is 0 Å². The highest BCUT2D eigenvalue weighted by atomic mass is 16.5. The van der Waals surface area contributed by atoms with E-state index in [1.807, 2.05) is 6.07 Å². The predicted molar refractivity (Wildman–Crippen MR) is 93.9 cm³/mol. The van der Waals surface area contributed by atoms with Gasteiger partial charge in [-0.05, 0) is 56.6 Å². The first-order valence-corrected chi connectivity index (χ1v) is 9.17. The highest BCUT2D eigenvalue weighted by Crippen LogP contribution is 2.30. The first kappa shape index (κ1) is 17.9. The second kappa shape index (κ2) is 8.43. The number of pyridine rings is 1. The van der Waals surface area contributed by atoms with Crippen molar-refractivity contribution in [1.82, 2.24) is 4.98 Å². The minimum Gasteiger partial charge on any atom is -0.481 e. The topological polar surface area (TPSA) is 79.7 Å². The molecule has 6 nitrogen and oxygen atoms in total. The maximum atomic E-state index is 10.8. The molecular weight excluding hydrogens is 320 g/mol. The van der Waals surface area contributed by atoms with Crippen LogP contribution in [0.25, 0.3) is 0 Å². The second-order valence-electron chi connectivity index (χ2n) is 7.13. The molecule has 1 N–H and O–H groups in total. The van der Waals surface area contributed by atoms with Gasteiger partial charge in [-0.1, -0.05) is 0 Å². The van der Waals surface area contributed by atoms with Crippen LogP contribution in [-0.4, -0.2) is 47.6 Å². The summed E-state index contributed by atoms with van der Waals surface area (Å²) in [6.45, 7) is 1.82. The maximum absolute atomic E-state index is 10.8. The SMILES string of the molecule is O=Cc1ccc(N2CCC(O[C@H]3CC[C@@H](CC(=O)O)CC3)CC2)nc1. The molecule has 2 fully saturated rings. The highest BCUT2D eigenvalue weighted by molar-refractivity contribution is 5.74. The molecule has 0 bridgehead atoms. The van der Waals surface area contributed by atoms with Crippen LogP contribution in [0, 0.1) is 5.92 Å². The minimum absolute atomic E-state index is 0.284. The lowest BCUT2D eigenvalue weighted by molar-refractivity contribution is -0.138. The van der Waals surface area contributed by atoms with Gasteiger partial charge in [0.25, 0.3) is 0 Å². The normalized spacial score (nSPS) is 24.9. The Balaban J connectivity index is 1.40. The molecule has 2 aliphatic rings. The molecule has 1 aromatic rings. The molecule has 1 aliphatic carbocycles. The third-order valence-electron chi connectivity index (χ3n) is 5.31. The average Bonchev–Trinajstić information content (AvgIpc) is 2.64. The number of carboxylic acid groups (broad SMARTS) is 1. The Hall–Kier alpha value is -1.95. The Morgan fingerprint density at radius 1 is 1.16 bits per heavy atom. The van der Waals surface area contributed by atoms with Gasteiger partial charge in [0.15, 0.2) is 6.29 Å². The number of rotatable bonds is 6. The van der Waals surface area contributed by atoms with Gasteiger partial charge in [0.05, 0.1) is 12.2 Å². The van der Waals surface area contributed by atoms with Crippen molar-refractivity contribution < 1.29 is 19.4 Å². The van der Waals surface area contributed by atoms with E-state index in [-0.39, 0.29) is 12.2 Å². The summed E-state index contributed by atoms with van der Waals surface area (Å²) in [6, 6.07) is 3.70. The van der Waals surface area contributed by atoms with E-state index in [0.717, 1.165) is 63.7 Å². The molecule has 0 radical (unpaired) electrons. The van der Waals surface area contributed by atoms with E-state index in [1.165, 1.54) is 0 Å². The Morgan fingerprint density at radius 3 is 2.40 bits per heavy atom. The van der Waals surface area contributed by atoms with E-state index >= 15 is 0 Å². The minimum atomic E-state index is -0.688. The largest absolute Gasteiger partial charge is 0.481 e. The highest BCUT2D eigenvalue weighted by Gasteiger charge is 2.27. The molecule has 3 rings (SSSR count). The third kappa shape index (κ3) is 5.01. The van der Waals surface area contributed by atoms with Gasteiger partial charge in [0.2, 0.25) is 0 Å². The molecule has 0 aromatic carbocycles. The lowest BCUT2D eigenvalue weighted by atomic mass is 9.85. The van der Waals surface area contributed by atoms with Crippen molar-refractivity contribution in [1.29, 1.82) is 0 Å². The smallest absolute Gasteiger partial charge is 0.303 e. The number of carbonyl (C=O) groups excluding carboxylic acids is 1. The van der Waals surface area contributed by atoms with Crippen LogP contribution in [0.5, 0.6) is 0 Å². The molecule has 136 valence electrons. The number of aliphatic carboxylic acids is 1. The zero-order valence-electron chi connectivity index (χ0n) is 14.5. The molecule has 2 heterocycles. The Morgan fingerprint density at radius 2 is 1.84 bits per heavy atom. The summed E-state index contributed by atoms with van der Waals surface area (Å²) < 4.78 is 6.27. The van der Waals surface area contributed by atoms with Crippen LogP contribution >= 0.6 is 0 Å². The molecule has 6 heteroatoms. The summed E-state index contributed by atoms with van der Waals surface area (Å²) in [7, 11) is 0. The van der Waals surface area contributed by atoms with Crippen LogP contribution in [-0.2, 0) is 9.53 Å². The van der Waals surface area contributed by atoms with Gasteiger partial charge in [-0.2, -0.15) is 0 Å². The Bertz CT molecular complexity index is 574. The molecule has 1 aliphatic heterocycles. The first-order valence-electron chi connectivity index (χ1n) is 9.17. The van der Waals surface area contributed by atoms with E-state index in [9.17, 15) is 9.59 Å². The summed E-state index contributed by atoms with van der Waals surface area (Å²) in [5.41, 5.74) is 0.598. The maximum Gasteiger partial charge on any atom is 0.303 e. The van der Waals surface area contributed by atoms with Crippen LogP contribution < -0.4 is 4.90 Å². The van der Waals surface area contributed by atoms with Gasteiger partial charge < -0.3 is 14.7 Å². The van der Waals surface area contributed by atoms with Crippen molar-refractivity contribution in [2.45, 2.75) is 57.2 Å². The van der Waals surface area contributed by atoms with Gasteiger partial charge >= 0.3 is 5.97 Å². The number of anilines is 1. The lowest BCUT2D eigenvalue weighted by Gasteiger charge is -2.36. The number of ether oxygens (including phenoxy) is 1. The van der Waals surface area contributed by atoms with Crippen molar-refractivity contribution in [2.24, 2.45) is 5.92 Å². The average molecular weight is 346 g/mol. The molecule has 0 spiro atoms. The zero-order chi connectivity index (χ0) is 17.6. The van der Waals surface area contributed by atoms with Crippen molar-refractivity contribution in [2.75, 3.05) is 18.0 Å². The Kier molecular flexibility index (Phi) is 6.02. The van der Waals surface area contributed by atoms with Crippen LogP contribution in [0.15, 0.2) is 18.3 Å². The van der Waals surface area contributed by atoms with Gasteiger partial charge in [-0.3, -0.25) is 9.59 Å². The number of aromatic nitrogens is 1. The van der Waals surface area contributed by atoms with E-state index in [4.69, 9.17) is 9.84 Å². The first-order chi connectivity index (χ1) is 12.1. The van der Waals surface area contributed by atoms with Crippen molar-refractivity contribution >= 4 is 18.1 Å². The van der Waals surface area contributed by atoms with Gasteiger partial charge in [0.1, 0.15) is 5.82 Å². The van der Waals surface area contributed by atoms with Crippen LogP contribution in [0.1, 0.15) is 55.3 Å². The molecular formula is C19H26N2O4. The fraction of sp³-hybridized carbons (Fsp3) is 0.632. The van der Waals surface area contributed by atoms with Crippen LogP contribution in [0.4, 0.5) is 5.82 Å². The Labute approximate surface area is 148 Å². The van der Waals surface area contributed by atoms with Crippen molar-refractivity contribution in [3.05, 3.63) is 23.9 Å². The van der Waals surface area contributed by atoms with Crippen LogP contribution in [0.3, 0.4) is 0 Å². The summed E-state index contributed by atoms with van der Waals surface area (Å²) in [5.74, 6) is 0.546. The molecule has 1 saturated heterocycles. The lowest BCUT2D eigenvalue weighted by Crippen LogP contribution is -2.39. The molecule has 1 saturated carbocycles. The summed E-state index contributed by atoms with van der Waals surface area (Å²) in [6.07, 6.45) is 9.12. The van der Waals surface area contributed by atoms with Gasteiger partial charge in [-0.25, -0.2) is 4.98 Å². The number of piperidine rings is 1. The van der Waals surface area contributed by atoms with Gasteiger partial charge in [0, 0.05) is 31.3 Å². The number of aldehydes is 1. The van der Waals surface area contributed by atoms with E-state index < -0.39 is 5.97 Å². The zero-order valence-corrected chi connectivity index (χ0v) is 14.5. The van der Waals surface area contributed by atoms with E-state index in [1.54, 1.807) is 12.3 Å². The second-order valence-corrected chi connectivity index (χ2v) is 7.13. The molecule has 0 amide bonds. The van der Waals surface area contributed by atoms with E-state index in [2.05, 4.69) is 9.88 Å². The fourth-order valence-electron chi connectivity index (χ4n) is 3.87. The molecule has 1 aromatic heterocycles. The third-order valence-corrected chi connectivity index (χ3v) is 5.31. The molecule has 25 heavy (non-hydrogen) atoms. The molecule has 0 unspecified atom stereocenters. The van der Waals surface area contributed by atoms with Crippen LogP contribution in [0.2, 0.25) is 0 Å². The number of hydrogen-bond donors (Lipinski definition) is 1. The number of carboxylic acids is 1. The quantitative estimate of drug-likeness (QED) is 0.798. The number of hydrogen-bond acceptors (Lipinski definition) is 5. The summed E-state index contributed by atoms with van der Waals surface area (Å²) in [5, 5.41) is 8.88. The summed E-state index contributed by atoms with van der Waals surface area (Å²) in [4.78, 5) is 28.1. The number of nitrogens with zero attached hydrogens (tertiary/aromatic N) is 2. The standard InChI is InChI=1S/C19H26N2O4/c22-13-15-3-6-18(20-12-15)21-9-7-17(8-10-21)25-16-4-1-14(2-5-16)11-19(23)24/h3,6,12-14,16-17H,1-2,4-5,7-11H2,(H,23,24)/t14-,16+. The predicted octanol–water partition coefficient (Wildman–Crippen LogP) is 2.91. The number of carbonyl (C=O) groups is 2. The van der Waals surface area contributed by atoms with Crippen molar-refractivity contribution in [3.8, 4) is 0 Å². The fourth-order valence-corrected chi connectivity index (χ4v) is 3.87. The van der Waals surface area contributed by atoms with E-state index in [0.29, 0.717) is 17.9 Å². The monoisotopic (exact) mass is 346 g/mol. The summed E-state index contributed by atoms with van der Waals surface area (Å²) >= 11 is 0.